The van der Waals surface area contributed by atoms with Crippen molar-refractivity contribution in [2.45, 2.75) is 12.5 Å². The summed E-state index contributed by atoms with van der Waals surface area (Å²) in [5.41, 5.74) is 1.57. The lowest BCUT2D eigenvalue weighted by Crippen LogP contribution is -2.40. The maximum absolute atomic E-state index is 12.5. The van der Waals surface area contributed by atoms with Crippen LogP contribution in [0.3, 0.4) is 0 Å². The molecule has 1 fully saturated rings. The van der Waals surface area contributed by atoms with E-state index in [9.17, 15) is 9.59 Å². The second kappa shape index (κ2) is 7.27. The van der Waals surface area contributed by atoms with Crippen molar-refractivity contribution in [3.05, 3.63) is 65.5 Å². The number of nitrogens with one attached hydrogen (secondary N) is 1. The molecule has 2 amide bonds. The van der Waals surface area contributed by atoms with E-state index in [1.165, 1.54) is 6.08 Å². The number of rotatable bonds is 4. The van der Waals surface area contributed by atoms with Crippen molar-refractivity contribution in [1.29, 1.82) is 0 Å². The van der Waals surface area contributed by atoms with Gasteiger partial charge in [-0.15, -0.1) is 0 Å². The van der Waals surface area contributed by atoms with Crippen LogP contribution in [-0.4, -0.2) is 29.4 Å². The summed E-state index contributed by atoms with van der Waals surface area (Å²) in [4.78, 5) is 30.1. The van der Waals surface area contributed by atoms with Gasteiger partial charge in [-0.05, 0) is 42.3 Å². The van der Waals surface area contributed by atoms with Gasteiger partial charge in [0.05, 0.1) is 0 Å². The van der Waals surface area contributed by atoms with Crippen molar-refractivity contribution in [2.75, 3.05) is 11.4 Å². The Morgan fingerprint density at radius 2 is 2.21 bits per heavy atom. The Morgan fingerprint density at radius 1 is 1.33 bits per heavy atom. The molecule has 1 atom stereocenters. The molecule has 1 saturated heterocycles. The van der Waals surface area contributed by atoms with Gasteiger partial charge in [0, 0.05) is 35.7 Å². The Hall–Kier alpha value is -2.66. The van der Waals surface area contributed by atoms with Crippen molar-refractivity contribution < 1.29 is 9.59 Å². The predicted molar refractivity (Wildman–Crippen MR) is 93.6 cm³/mol. The number of halogens is 1. The summed E-state index contributed by atoms with van der Waals surface area (Å²) in [6, 6.07) is 10.2. The minimum absolute atomic E-state index is 0.125. The summed E-state index contributed by atoms with van der Waals surface area (Å²) >= 11 is 5.97. The third kappa shape index (κ3) is 3.81. The molecular formula is C18H16ClN3O2. The van der Waals surface area contributed by atoms with Gasteiger partial charge in [0.2, 0.25) is 11.8 Å². The van der Waals surface area contributed by atoms with Crippen LogP contribution in [0, 0.1) is 0 Å². The van der Waals surface area contributed by atoms with Crippen LogP contribution in [0.2, 0.25) is 5.02 Å². The second-order valence-electron chi connectivity index (χ2n) is 5.44. The molecule has 1 aliphatic rings. The van der Waals surface area contributed by atoms with Crippen molar-refractivity contribution in [3.63, 3.8) is 0 Å². The molecule has 122 valence electrons. The lowest BCUT2D eigenvalue weighted by Gasteiger charge is -2.17. The maximum atomic E-state index is 12.5. The zero-order chi connectivity index (χ0) is 16.9. The molecule has 0 bridgehead atoms. The first-order valence-electron chi connectivity index (χ1n) is 7.59. The molecule has 0 spiro atoms. The number of carbonyl (C=O) groups excluding carboxylic acids is 2. The van der Waals surface area contributed by atoms with Crippen molar-refractivity contribution in [2.24, 2.45) is 0 Å². The molecule has 0 aliphatic carbocycles. The van der Waals surface area contributed by atoms with Crippen LogP contribution in [-0.2, 0) is 9.59 Å². The highest BCUT2D eigenvalue weighted by atomic mass is 35.5. The van der Waals surface area contributed by atoms with E-state index in [1.54, 1.807) is 47.6 Å². The SMILES string of the molecule is O=C(C=Cc1cccnc1)NC1CCN(c2cccc(Cl)c2)C1=O. The summed E-state index contributed by atoms with van der Waals surface area (Å²) in [6.07, 6.45) is 6.96. The minimum atomic E-state index is -0.518. The smallest absolute Gasteiger partial charge is 0.249 e. The number of hydrogen-bond donors (Lipinski definition) is 1. The standard InChI is InChI=1S/C18H16ClN3O2/c19-14-4-1-5-15(11-14)22-10-8-16(18(22)24)21-17(23)7-6-13-3-2-9-20-12-13/h1-7,9,11-12,16H,8,10H2,(H,21,23). The molecule has 2 heterocycles. The largest absolute Gasteiger partial charge is 0.341 e. The fourth-order valence-corrected chi connectivity index (χ4v) is 2.77. The van der Waals surface area contributed by atoms with E-state index < -0.39 is 6.04 Å². The molecular weight excluding hydrogens is 326 g/mol. The van der Waals surface area contributed by atoms with E-state index in [1.807, 2.05) is 12.1 Å². The van der Waals surface area contributed by atoms with Crippen molar-refractivity contribution in [1.82, 2.24) is 10.3 Å². The average molecular weight is 342 g/mol. The summed E-state index contributed by atoms with van der Waals surface area (Å²) in [6.45, 7) is 0.552. The molecule has 1 N–H and O–H groups in total. The number of hydrogen-bond acceptors (Lipinski definition) is 3. The van der Waals surface area contributed by atoms with Crippen LogP contribution in [0.15, 0.2) is 54.9 Å². The number of pyridine rings is 1. The monoisotopic (exact) mass is 341 g/mol. The zero-order valence-corrected chi connectivity index (χ0v) is 13.6. The van der Waals surface area contributed by atoms with Crippen molar-refractivity contribution in [3.8, 4) is 0 Å². The highest BCUT2D eigenvalue weighted by molar-refractivity contribution is 6.31. The van der Waals surface area contributed by atoms with E-state index in [4.69, 9.17) is 11.6 Å². The molecule has 1 unspecified atom stereocenters. The number of carbonyl (C=O) groups is 2. The van der Waals surface area contributed by atoms with Crippen LogP contribution < -0.4 is 10.2 Å². The van der Waals surface area contributed by atoms with Gasteiger partial charge < -0.3 is 10.2 Å². The van der Waals surface area contributed by atoms with Gasteiger partial charge in [-0.2, -0.15) is 0 Å². The number of amides is 2. The lowest BCUT2D eigenvalue weighted by atomic mass is 10.2. The molecule has 0 radical (unpaired) electrons. The molecule has 1 aromatic heterocycles. The van der Waals surface area contributed by atoms with Crippen LogP contribution >= 0.6 is 11.6 Å². The minimum Gasteiger partial charge on any atom is -0.341 e. The molecule has 3 rings (SSSR count). The Bertz CT molecular complexity index is 777. The van der Waals surface area contributed by atoms with Crippen LogP contribution in [0.25, 0.3) is 6.08 Å². The molecule has 1 aromatic carbocycles. The fraction of sp³-hybridized carbons (Fsp3) is 0.167. The van der Waals surface area contributed by atoms with Crippen LogP contribution in [0.5, 0.6) is 0 Å². The van der Waals surface area contributed by atoms with E-state index in [0.29, 0.717) is 18.0 Å². The van der Waals surface area contributed by atoms with Gasteiger partial charge in [0.15, 0.2) is 0 Å². The molecule has 1 aliphatic heterocycles. The maximum Gasteiger partial charge on any atom is 0.249 e. The number of anilines is 1. The first-order chi connectivity index (χ1) is 11.6. The predicted octanol–water partition coefficient (Wildman–Crippen LogP) is 2.67. The molecule has 2 aromatic rings. The molecule has 5 nitrogen and oxygen atoms in total. The van der Waals surface area contributed by atoms with Crippen LogP contribution in [0.1, 0.15) is 12.0 Å². The average Bonchev–Trinajstić information content (AvgIpc) is 2.95. The Labute approximate surface area is 145 Å². The topological polar surface area (TPSA) is 62.3 Å². The van der Waals surface area contributed by atoms with Gasteiger partial charge in [-0.1, -0.05) is 23.7 Å². The Balaban J connectivity index is 1.61. The highest BCUT2D eigenvalue weighted by Crippen LogP contribution is 2.24. The first-order valence-corrected chi connectivity index (χ1v) is 7.97. The highest BCUT2D eigenvalue weighted by Gasteiger charge is 2.33. The van der Waals surface area contributed by atoms with Gasteiger partial charge in [-0.25, -0.2) is 0 Å². The first kappa shape index (κ1) is 16.2. The number of nitrogens with zero attached hydrogens (tertiary/aromatic N) is 2. The lowest BCUT2D eigenvalue weighted by molar-refractivity contribution is -0.123. The van der Waals surface area contributed by atoms with Gasteiger partial charge in [0.25, 0.3) is 0 Å². The Kier molecular flexibility index (Phi) is 4.91. The summed E-state index contributed by atoms with van der Waals surface area (Å²) in [7, 11) is 0. The van der Waals surface area contributed by atoms with Crippen LogP contribution in [0.4, 0.5) is 5.69 Å². The van der Waals surface area contributed by atoms with E-state index in [2.05, 4.69) is 10.3 Å². The molecule has 24 heavy (non-hydrogen) atoms. The van der Waals surface area contributed by atoms with Gasteiger partial charge in [-0.3, -0.25) is 14.6 Å². The quantitative estimate of drug-likeness (QED) is 0.870. The van der Waals surface area contributed by atoms with E-state index >= 15 is 0 Å². The summed E-state index contributed by atoms with van der Waals surface area (Å²) in [5, 5.41) is 3.32. The summed E-state index contributed by atoms with van der Waals surface area (Å²) in [5.74, 6) is -0.425. The van der Waals surface area contributed by atoms with Gasteiger partial charge >= 0.3 is 0 Å². The zero-order valence-electron chi connectivity index (χ0n) is 12.9. The van der Waals surface area contributed by atoms with E-state index in [-0.39, 0.29) is 11.8 Å². The number of aromatic nitrogens is 1. The van der Waals surface area contributed by atoms with Gasteiger partial charge in [0.1, 0.15) is 6.04 Å². The second-order valence-corrected chi connectivity index (χ2v) is 5.88. The van der Waals surface area contributed by atoms with E-state index in [0.717, 1.165) is 11.3 Å². The third-order valence-corrected chi connectivity index (χ3v) is 3.99. The van der Waals surface area contributed by atoms with Crippen molar-refractivity contribution >= 4 is 35.2 Å². The molecule has 6 heteroatoms. The summed E-state index contributed by atoms with van der Waals surface area (Å²) < 4.78 is 0. The third-order valence-electron chi connectivity index (χ3n) is 3.75. The Morgan fingerprint density at radius 3 is 2.96 bits per heavy atom. The normalized spacial score (nSPS) is 17.5. The fourth-order valence-electron chi connectivity index (χ4n) is 2.58. The molecule has 0 saturated carbocycles. The number of benzene rings is 1.